The van der Waals surface area contributed by atoms with Gasteiger partial charge in [-0.3, -0.25) is 4.90 Å². The van der Waals surface area contributed by atoms with Gasteiger partial charge < -0.3 is 9.51 Å². The maximum atomic E-state index is 9.27. The number of rotatable bonds is 4. The first-order chi connectivity index (χ1) is 16.3. The van der Waals surface area contributed by atoms with Crippen LogP contribution in [-0.4, -0.2) is 25.0 Å². The second kappa shape index (κ2) is 8.01. The SMILES string of the molecule is N#Cc1cccc(CN2Cc3[nH]cnc3CC2c2nc(-c3ccc4ccccc4c3)no2)c1. The molecule has 0 amide bonds. The van der Waals surface area contributed by atoms with E-state index in [1.165, 1.54) is 5.39 Å². The molecule has 7 heteroatoms. The number of benzene rings is 3. The fourth-order valence-electron chi connectivity index (χ4n) is 4.49. The van der Waals surface area contributed by atoms with Gasteiger partial charge in [0, 0.05) is 25.1 Å². The van der Waals surface area contributed by atoms with Crippen LogP contribution in [-0.2, 0) is 19.5 Å². The highest BCUT2D eigenvalue weighted by Gasteiger charge is 2.33. The molecule has 0 aliphatic carbocycles. The summed E-state index contributed by atoms with van der Waals surface area (Å²) < 4.78 is 5.78. The van der Waals surface area contributed by atoms with Crippen molar-refractivity contribution in [1.82, 2.24) is 25.0 Å². The fourth-order valence-corrected chi connectivity index (χ4v) is 4.49. The van der Waals surface area contributed by atoms with Gasteiger partial charge in [-0.15, -0.1) is 0 Å². The first-order valence-electron chi connectivity index (χ1n) is 10.8. The quantitative estimate of drug-likeness (QED) is 0.439. The topological polar surface area (TPSA) is 94.6 Å². The highest BCUT2D eigenvalue weighted by Crippen LogP contribution is 2.33. The molecule has 3 heterocycles. The van der Waals surface area contributed by atoms with E-state index in [2.05, 4.69) is 50.4 Å². The van der Waals surface area contributed by atoms with E-state index in [0.717, 1.165) is 27.9 Å². The van der Waals surface area contributed by atoms with Crippen molar-refractivity contribution in [2.75, 3.05) is 0 Å². The maximum absolute atomic E-state index is 9.27. The third kappa shape index (κ3) is 3.67. The molecule has 0 saturated carbocycles. The van der Waals surface area contributed by atoms with Gasteiger partial charge in [0.25, 0.3) is 0 Å². The first kappa shape index (κ1) is 19.4. The second-order valence-electron chi connectivity index (χ2n) is 8.28. The lowest BCUT2D eigenvalue weighted by Crippen LogP contribution is -2.34. The number of imidazole rings is 1. The van der Waals surface area contributed by atoms with Crippen molar-refractivity contribution in [3.63, 3.8) is 0 Å². The minimum absolute atomic E-state index is 0.103. The molecule has 7 nitrogen and oxygen atoms in total. The third-order valence-electron chi connectivity index (χ3n) is 6.17. The molecule has 160 valence electrons. The van der Waals surface area contributed by atoms with Crippen LogP contribution in [0.5, 0.6) is 0 Å². The lowest BCUT2D eigenvalue weighted by atomic mass is 10.0. The van der Waals surface area contributed by atoms with E-state index in [9.17, 15) is 5.26 Å². The van der Waals surface area contributed by atoms with Gasteiger partial charge in [-0.2, -0.15) is 10.2 Å². The van der Waals surface area contributed by atoms with Gasteiger partial charge in [-0.1, -0.05) is 53.7 Å². The van der Waals surface area contributed by atoms with Crippen molar-refractivity contribution in [2.24, 2.45) is 0 Å². The standard InChI is InChI=1S/C26H20N6O/c27-13-17-4-3-5-18(10-17)14-32-15-23-22(28-16-29-23)12-24(32)26-30-25(31-33-26)21-9-8-19-6-1-2-7-20(19)11-21/h1-11,16,24H,12,14-15H2,(H,28,29). The summed E-state index contributed by atoms with van der Waals surface area (Å²) in [4.78, 5) is 14.8. The second-order valence-corrected chi connectivity index (χ2v) is 8.28. The summed E-state index contributed by atoms with van der Waals surface area (Å²) in [5, 5.41) is 15.9. The predicted molar refractivity (Wildman–Crippen MR) is 123 cm³/mol. The molecule has 0 fully saturated rings. The molecule has 5 aromatic rings. The molecule has 3 aromatic carbocycles. The first-order valence-corrected chi connectivity index (χ1v) is 10.8. The van der Waals surface area contributed by atoms with E-state index in [4.69, 9.17) is 9.51 Å². The summed E-state index contributed by atoms with van der Waals surface area (Å²) in [5.41, 5.74) is 4.76. The molecule has 1 unspecified atom stereocenters. The van der Waals surface area contributed by atoms with Crippen LogP contribution in [0.25, 0.3) is 22.2 Å². The molecule has 0 radical (unpaired) electrons. The maximum Gasteiger partial charge on any atom is 0.244 e. The molecule has 0 bridgehead atoms. The van der Waals surface area contributed by atoms with Gasteiger partial charge in [-0.05, 0) is 34.5 Å². The predicted octanol–water partition coefficient (Wildman–Crippen LogP) is 4.78. The smallest absolute Gasteiger partial charge is 0.244 e. The van der Waals surface area contributed by atoms with Crippen LogP contribution >= 0.6 is 0 Å². The monoisotopic (exact) mass is 432 g/mol. The average Bonchev–Trinajstić information content (AvgIpc) is 3.53. The van der Waals surface area contributed by atoms with Gasteiger partial charge >= 0.3 is 0 Å². The summed E-state index contributed by atoms with van der Waals surface area (Å²) in [6.07, 6.45) is 2.41. The number of aromatic amines is 1. The molecule has 33 heavy (non-hydrogen) atoms. The normalized spacial score (nSPS) is 15.9. The molecule has 1 N–H and O–H groups in total. The van der Waals surface area contributed by atoms with Gasteiger partial charge in [0.2, 0.25) is 11.7 Å². The lowest BCUT2D eigenvalue weighted by Gasteiger charge is -2.32. The van der Waals surface area contributed by atoms with Crippen LogP contribution in [0, 0.1) is 11.3 Å². The Morgan fingerprint density at radius 2 is 1.97 bits per heavy atom. The molecular formula is C26H20N6O. The molecule has 6 rings (SSSR count). The van der Waals surface area contributed by atoms with Crippen LogP contribution in [0.3, 0.4) is 0 Å². The number of H-pyrrole nitrogens is 1. The van der Waals surface area contributed by atoms with E-state index >= 15 is 0 Å². The summed E-state index contributed by atoms with van der Waals surface area (Å²) in [5.74, 6) is 1.15. The van der Waals surface area contributed by atoms with Gasteiger partial charge in [0.1, 0.15) is 0 Å². The van der Waals surface area contributed by atoms with Crippen LogP contribution in [0.15, 0.2) is 77.6 Å². The third-order valence-corrected chi connectivity index (χ3v) is 6.17. The number of fused-ring (bicyclic) bond motifs is 2. The van der Waals surface area contributed by atoms with E-state index < -0.39 is 0 Å². The zero-order valence-electron chi connectivity index (χ0n) is 17.8. The molecule has 1 atom stereocenters. The van der Waals surface area contributed by atoms with Crippen LogP contribution < -0.4 is 0 Å². The van der Waals surface area contributed by atoms with Crippen molar-refractivity contribution in [1.29, 1.82) is 5.26 Å². The Morgan fingerprint density at radius 3 is 2.88 bits per heavy atom. The average molecular weight is 432 g/mol. The molecule has 1 aliphatic rings. The van der Waals surface area contributed by atoms with Crippen molar-refractivity contribution >= 4 is 10.8 Å². The van der Waals surface area contributed by atoms with Crippen molar-refractivity contribution < 1.29 is 4.52 Å². The van der Waals surface area contributed by atoms with Gasteiger partial charge in [0.15, 0.2) is 0 Å². The van der Waals surface area contributed by atoms with E-state index in [1.54, 1.807) is 6.33 Å². The molecule has 1 aliphatic heterocycles. The number of aromatic nitrogens is 4. The number of nitriles is 1. The highest BCUT2D eigenvalue weighted by molar-refractivity contribution is 5.86. The molecule has 2 aromatic heterocycles. The van der Waals surface area contributed by atoms with E-state index in [-0.39, 0.29) is 6.04 Å². The Hall–Kier alpha value is -4.28. The minimum Gasteiger partial charge on any atom is -0.347 e. The number of nitrogens with one attached hydrogen (secondary N) is 1. The molecular weight excluding hydrogens is 412 g/mol. The van der Waals surface area contributed by atoms with Crippen molar-refractivity contribution in [3.05, 3.63) is 101 Å². The van der Waals surface area contributed by atoms with Crippen molar-refractivity contribution in [2.45, 2.75) is 25.6 Å². The Labute approximate surface area is 190 Å². The molecule has 0 spiro atoms. The Kier molecular flexibility index (Phi) is 4.71. The number of hydrogen-bond donors (Lipinski definition) is 1. The zero-order chi connectivity index (χ0) is 22.2. The summed E-state index contributed by atoms with van der Waals surface area (Å²) in [7, 11) is 0. The fraction of sp³-hybridized carbons (Fsp3) is 0.154. The van der Waals surface area contributed by atoms with Crippen LogP contribution in [0.2, 0.25) is 0 Å². The zero-order valence-corrected chi connectivity index (χ0v) is 17.8. The van der Waals surface area contributed by atoms with E-state index in [1.807, 2.05) is 42.5 Å². The lowest BCUT2D eigenvalue weighted by molar-refractivity contribution is 0.128. The van der Waals surface area contributed by atoms with Gasteiger partial charge in [-0.25, -0.2) is 4.98 Å². The van der Waals surface area contributed by atoms with Crippen molar-refractivity contribution in [3.8, 4) is 17.5 Å². The minimum atomic E-state index is -0.103. The van der Waals surface area contributed by atoms with Gasteiger partial charge in [0.05, 0.1) is 35.4 Å². The van der Waals surface area contributed by atoms with Crippen LogP contribution in [0.4, 0.5) is 0 Å². The number of hydrogen-bond acceptors (Lipinski definition) is 6. The Bertz CT molecular complexity index is 1490. The summed E-state index contributed by atoms with van der Waals surface area (Å²) in [6, 6.07) is 24.2. The Balaban J connectivity index is 1.33. The van der Waals surface area contributed by atoms with Crippen LogP contribution in [0.1, 0.15) is 34.4 Å². The summed E-state index contributed by atoms with van der Waals surface area (Å²) in [6.45, 7) is 1.34. The Morgan fingerprint density at radius 1 is 1.06 bits per heavy atom. The molecule has 0 saturated heterocycles. The summed E-state index contributed by atoms with van der Waals surface area (Å²) >= 11 is 0. The highest BCUT2D eigenvalue weighted by atomic mass is 16.5. The largest absolute Gasteiger partial charge is 0.347 e. The van der Waals surface area contributed by atoms with E-state index in [0.29, 0.717) is 36.8 Å². The number of nitrogens with zero attached hydrogens (tertiary/aromatic N) is 5.